The van der Waals surface area contributed by atoms with Gasteiger partial charge in [0.1, 0.15) is 5.82 Å². The Balaban J connectivity index is 0.00000564. The van der Waals surface area contributed by atoms with Crippen molar-refractivity contribution in [3.05, 3.63) is 255 Å². The number of pyridine rings is 1. The van der Waals surface area contributed by atoms with E-state index in [1.807, 2.05) is 54.7 Å². The van der Waals surface area contributed by atoms with Crippen LogP contribution in [0.3, 0.4) is 0 Å². The van der Waals surface area contributed by atoms with Gasteiger partial charge in [-0.3, -0.25) is 0 Å². The van der Waals surface area contributed by atoms with E-state index in [0.717, 1.165) is 88.9 Å². The molecule has 15 aromatic rings. The maximum absolute atomic E-state index is 8.20. The number of nitrogens with zero attached hydrogens (tertiary/aromatic N) is 6. The Morgan fingerprint density at radius 3 is 1.67 bits per heavy atom. The van der Waals surface area contributed by atoms with Crippen LogP contribution in [-0.4, -0.2) is 23.3 Å². The Kier molecular flexibility index (Phi) is 9.96. The van der Waals surface area contributed by atoms with Gasteiger partial charge in [0, 0.05) is 76.9 Å². The summed E-state index contributed by atoms with van der Waals surface area (Å²) in [5.74, 6) is 1.64. The molecule has 0 atom stereocenters. The molecule has 0 saturated carbocycles. The van der Waals surface area contributed by atoms with E-state index in [1.54, 1.807) is 10.6 Å². The normalized spacial score (nSPS) is 12.5. The van der Waals surface area contributed by atoms with E-state index in [-0.39, 0.29) is 21.1 Å². The molecule has 0 unspecified atom stereocenters. The molecule has 0 spiro atoms. The van der Waals surface area contributed by atoms with E-state index in [2.05, 4.69) is 209 Å². The summed E-state index contributed by atoms with van der Waals surface area (Å²) >= 11 is 0. The first kappa shape index (κ1) is 42.1. The van der Waals surface area contributed by atoms with Crippen LogP contribution in [0, 0.1) is 25.4 Å². The van der Waals surface area contributed by atoms with Gasteiger partial charge in [-0.05, 0) is 77.5 Å². The van der Waals surface area contributed by atoms with E-state index in [4.69, 9.17) is 13.8 Å². The molecule has 5 heterocycles. The van der Waals surface area contributed by atoms with E-state index < -0.39 is 6.98 Å². The zero-order chi connectivity index (χ0) is 52.2. The summed E-state index contributed by atoms with van der Waals surface area (Å²) in [6, 6.07) is 84.6. The van der Waals surface area contributed by atoms with Crippen LogP contribution in [0.5, 0.6) is 11.5 Å². The number of para-hydroxylation sites is 6. The number of aryl methyl sites for hydroxylation is 2. The Hall–Kier alpha value is -9.29. The molecular weight excluding hydrogens is 1110 g/mol. The van der Waals surface area contributed by atoms with Crippen molar-refractivity contribution in [3.8, 4) is 56.6 Å². The van der Waals surface area contributed by atoms with Gasteiger partial charge in [0.15, 0.2) is 0 Å². The number of rotatable bonds is 8. The van der Waals surface area contributed by atoms with Crippen LogP contribution in [0.2, 0.25) is 0 Å². The fourth-order valence-corrected chi connectivity index (χ4v) is 11.5. The molecule has 0 N–H and O–H groups in total. The van der Waals surface area contributed by atoms with E-state index in [0.29, 0.717) is 28.2 Å². The Morgan fingerprint density at radius 2 is 1.04 bits per heavy atom. The average molecular weight is 1160 g/mol. The van der Waals surface area contributed by atoms with Crippen LogP contribution in [0.1, 0.15) is 9.68 Å². The SMILES string of the molecule is [2H]C([2H])([2H])[n+]1[c-]n(-c2[c-]c(Oc3[c-]c4c(cc3)c3cc(-c5ccccc5)ccc3n4-c3cc(C)c(-c4c(-n5c6ccccc6c6ccccc65)cccc4-n4c5ccccc5c5ccccc54)cn3)ccc2)c2ccccc21.[Pt]. The molecule has 0 radical (unpaired) electrons. The van der Waals surface area contributed by atoms with Crippen molar-refractivity contribution in [3.63, 3.8) is 0 Å². The van der Waals surface area contributed by atoms with Gasteiger partial charge in [0.05, 0.1) is 55.6 Å². The molecule has 10 aromatic carbocycles. The van der Waals surface area contributed by atoms with Crippen molar-refractivity contribution in [2.75, 3.05) is 0 Å². The Labute approximate surface area is 456 Å². The van der Waals surface area contributed by atoms with Gasteiger partial charge in [0.25, 0.3) is 0 Å². The zero-order valence-corrected chi connectivity index (χ0v) is 43.1. The Bertz CT molecular complexity index is 4680. The summed E-state index contributed by atoms with van der Waals surface area (Å²) in [5.41, 5.74) is 15.5. The number of fused-ring (bicyclic) bond motifs is 10. The summed E-state index contributed by atoms with van der Waals surface area (Å²) < 4.78 is 41.1. The number of benzene rings is 10. The molecule has 0 aliphatic carbocycles. The molecule has 7 nitrogen and oxygen atoms in total. The molecule has 0 aliphatic rings. The van der Waals surface area contributed by atoms with Crippen molar-refractivity contribution in [2.24, 2.45) is 6.98 Å². The van der Waals surface area contributed by atoms with E-state index >= 15 is 0 Å². The predicted octanol–water partition coefficient (Wildman–Crippen LogP) is 16.0. The largest absolute Gasteiger partial charge is 0.510 e. The average Bonchev–Trinajstić information content (AvgIpc) is 4.32. The number of hydrogen-bond donors (Lipinski definition) is 0. The van der Waals surface area contributed by atoms with Gasteiger partial charge >= 0.3 is 0 Å². The topological polar surface area (TPSA) is 45.7 Å². The second-order valence-electron chi connectivity index (χ2n) is 19.0. The van der Waals surface area contributed by atoms with Gasteiger partial charge in [0.2, 0.25) is 6.33 Å². The van der Waals surface area contributed by atoms with Gasteiger partial charge in [-0.2, -0.15) is 18.2 Å². The van der Waals surface area contributed by atoms with Crippen LogP contribution in [0.25, 0.3) is 122 Å². The quantitative estimate of drug-likeness (QED) is 0.112. The van der Waals surface area contributed by atoms with Gasteiger partial charge < -0.3 is 27.6 Å². The van der Waals surface area contributed by atoms with Crippen LogP contribution in [0.15, 0.2) is 231 Å². The van der Waals surface area contributed by atoms with Gasteiger partial charge in [-0.15, -0.1) is 29.7 Å². The van der Waals surface area contributed by atoms with Gasteiger partial charge in [-0.1, -0.05) is 157 Å². The second-order valence-corrected chi connectivity index (χ2v) is 19.0. The second kappa shape index (κ2) is 18.0. The molecule has 5 aromatic heterocycles. The number of aromatic nitrogens is 6. The summed E-state index contributed by atoms with van der Waals surface area (Å²) in [6.45, 7) is -0.238. The number of ether oxygens (including phenoxy) is 1. The summed E-state index contributed by atoms with van der Waals surface area (Å²) in [7, 11) is 0. The van der Waals surface area contributed by atoms with Crippen molar-refractivity contribution in [2.45, 2.75) is 6.92 Å². The third kappa shape index (κ3) is 7.07. The summed E-state index contributed by atoms with van der Waals surface area (Å²) in [5, 5.41) is 6.80. The minimum atomic E-state index is -2.42. The van der Waals surface area contributed by atoms with Crippen LogP contribution < -0.4 is 9.30 Å². The molecule has 0 aliphatic heterocycles. The van der Waals surface area contributed by atoms with Crippen molar-refractivity contribution in [1.29, 1.82) is 0 Å². The van der Waals surface area contributed by atoms with Crippen LogP contribution >= 0.6 is 0 Å². The molecule has 364 valence electrons. The third-order valence-corrected chi connectivity index (χ3v) is 14.8. The standard InChI is InChI=1S/C68H44N6O.Pt/c1-44-38-67(69-42-56(44)68-64(72-57-26-10-6-22-50(57)51-23-7-11-27-58(51)72)32-17-33-65(68)73-59-28-12-8-24-52(59)53-25-9-13-29-60(53)73)74-61-37-34-46(45-18-4-3-5-19-45)39-55(61)54-36-35-49(41-66(54)74)75-48-21-16-20-47(40-48)71-43-70(2)62-30-14-15-31-63(62)71;/h3-39,42H,1-2H3;/q-2;/i2D3;. The fraction of sp³-hybridized carbons (Fsp3) is 0.0294. The van der Waals surface area contributed by atoms with E-state index in [9.17, 15) is 0 Å². The Morgan fingerprint density at radius 1 is 0.474 bits per heavy atom. The minimum Gasteiger partial charge on any atom is -0.510 e. The molecule has 15 rings (SSSR count). The van der Waals surface area contributed by atoms with Crippen LogP contribution in [-0.2, 0) is 28.0 Å². The fourth-order valence-electron chi connectivity index (χ4n) is 11.5. The summed E-state index contributed by atoms with van der Waals surface area (Å²) in [4.78, 5) is 5.47. The monoisotopic (exact) mass is 1160 g/mol. The maximum Gasteiger partial charge on any atom is 0.242 e. The molecular formula is C68H44N6OPt-2. The van der Waals surface area contributed by atoms with Gasteiger partial charge in [-0.25, -0.2) is 4.98 Å². The molecule has 8 heteroatoms. The van der Waals surface area contributed by atoms with Crippen molar-refractivity contribution in [1.82, 2.24) is 23.3 Å². The smallest absolute Gasteiger partial charge is 0.242 e. The third-order valence-electron chi connectivity index (χ3n) is 14.8. The predicted molar refractivity (Wildman–Crippen MR) is 304 cm³/mol. The maximum atomic E-state index is 8.20. The van der Waals surface area contributed by atoms with Crippen molar-refractivity contribution < 1.29 is 34.5 Å². The number of hydrogen-bond acceptors (Lipinski definition) is 2. The minimum absolute atomic E-state index is 0. The molecule has 0 fully saturated rings. The first-order valence-electron chi connectivity index (χ1n) is 26.5. The first-order chi connectivity index (χ1) is 38.2. The zero-order valence-electron chi connectivity index (χ0n) is 43.8. The van der Waals surface area contributed by atoms with E-state index in [1.165, 1.54) is 26.1 Å². The number of imidazole rings is 1. The molecule has 76 heavy (non-hydrogen) atoms. The first-order valence-corrected chi connectivity index (χ1v) is 25.0. The molecule has 0 saturated heterocycles. The molecule has 0 amide bonds. The summed E-state index contributed by atoms with van der Waals surface area (Å²) in [6.07, 6.45) is 5.09. The van der Waals surface area contributed by atoms with Crippen molar-refractivity contribution >= 4 is 76.5 Å². The van der Waals surface area contributed by atoms with Crippen LogP contribution in [0.4, 0.5) is 0 Å². The molecule has 0 bridgehead atoms.